The molecule has 2 aromatic rings. The first-order valence-electron chi connectivity index (χ1n) is 8.77. The zero-order valence-corrected chi connectivity index (χ0v) is 16.7. The molecular formula is C20H19N3O5S. The summed E-state index contributed by atoms with van der Waals surface area (Å²) in [7, 11) is 1.46. The van der Waals surface area contributed by atoms with E-state index in [0.717, 1.165) is 15.5 Å². The van der Waals surface area contributed by atoms with Crippen LogP contribution < -0.4 is 15.0 Å². The van der Waals surface area contributed by atoms with Crippen LogP contribution in [0, 0.1) is 22.0 Å². The number of benzene rings is 2. The second kappa shape index (κ2) is 9.32. The van der Waals surface area contributed by atoms with E-state index in [1.165, 1.54) is 30.9 Å². The van der Waals surface area contributed by atoms with Crippen molar-refractivity contribution in [3.05, 3.63) is 52.1 Å². The van der Waals surface area contributed by atoms with Crippen LogP contribution in [0.1, 0.15) is 12.5 Å². The molecule has 0 saturated heterocycles. The summed E-state index contributed by atoms with van der Waals surface area (Å²) in [5, 5.41) is 14.4. The lowest BCUT2D eigenvalue weighted by molar-refractivity contribution is -0.384. The zero-order valence-electron chi connectivity index (χ0n) is 15.9. The van der Waals surface area contributed by atoms with Crippen molar-refractivity contribution >= 4 is 35.2 Å². The fraction of sp³-hybridized carbons (Fsp3) is 0.250. The lowest BCUT2D eigenvalue weighted by Gasteiger charge is -2.10. The van der Waals surface area contributed by atoms with Gasteiger partial charge in [0.15, 0.2) is 6.79 Å². The predicted octanol–water partition coefficient (Wildman–Crippen LogP) is 3.46. The first kappa shape index (κ1) is 20.5. The van der Waals surface area contributed by atoms with E-state index in [0.29, 0.717) is 24.3 Å². The third kappa shape index (κ3) is 4.99. The van der Waals surface area contributed by atoms with Crippen LogP contribution in [0.25, 0.3) is 0 Å². The van der Waals surface area contributed by atoms with Crippen LogP contribution in [0.3, 0.4) is 0 Å². The monoisotopic (exact) mass is 413 g/mol. The largest absolute Gasteiger partial charge is 0.468 e. The number of nitrogens with one attached hydrogen (secondary N) is 1. The number of anilines is 2. The second-order valence-corrected chi connectivity index (χ2v) is 7.15. The number of ether oxygens (including phenoxy) is 2. The van der Waals surface area contributed by atoms with E-state index in [4.69, 9.17) is 9.47 Å². The van der Waals surface area contributed by atoms with E-state index < -0.39 is 4.92 Å². The van der Waals surface area contributed by atoms with Gasteiger partial charge in [-0.1, -0.05) is 23.6 Å². The van der Waals surface area contributed by atoms with Gasteiger partial charge in [-0.15, -0.1) is 0 Å². The number of nitrogens with zero attached hydrogens (tertiary/aromatic N) is 2. The van der Waals surface area contributed by atoms with E-state index >= 15 is 0 Å². The Balaban J connectivity index is 1.72. The Morgan fingerprint density at radius 3 is 2.90 bits per heavy atom. The molecule has 0 bridgehead atoms. The van der Waals surface area contributed by atoms with Gasteiger partial charge in [-0.25, -0.2) is 0 Å². The lowest BCUT2D eigenvalue weighted by atomic mass is 10.1. The van der Waals surface area contributed by atoms with Crippen LogP contribution >= 0.6 is 11.8 Å². The van der Waals surface area contributed by atoms with Gasteiger partial charge >= 0.3 is 0 Å². The molecule has 0 spiro atoms. The van der Waals surface area contributed by atoms with Crippen LogP contribution in [-0.2, 0) is 9.53 Å². The van der Waals surface area contributed by atoms with Crippen LogP contribution in [0.5, 0.6) is 5.75 Å². The van der Waals surface area contributed by atoms with Gasteiger partial charge in [0, 0.05) is 35.9 Å². The molecule has 1 unspecified atom stereocenters. The normalized spacial score (nSPS) is 14.2. The average Bonchev–Trinajstić information content (AvgIpc) is 3.14. The number of carbonyl (C=O) groups is 1. The number of hydrogen-bond donors (Lipinski definition) is 1. The molecule has 2 aromatic carbocycles. The zero-order chi connectivity index (χ0) is 20.8. The Labute approximate surface area is 172 Å². The molecular weight excluding hydrogens is 394 g/mol. The number of nitro benzene ring substituents is 1. The molecule has 3 rings (SSSR count). The molecule has 1 heterocycles. The lowest BCUT2D eigenvalue weighted by Crippen LogP contribution is -2.15. The van der Waals surface area contributed by atoms with Gasteiger partial charge in [0.05, 0.1) is 4.92 Å². The van der Waals surface area contributed by atoms with Crippen molar-refractivity contribution in [2.24, 2.45) is 0 Å². The highest BCUT2D eigenvalue weighted by Gasteiger charge is 2.21. The average molecular weight is 413 g/mol. The van der Waals surface area contributed by atoms with E-state index in [1.807, 2.05) is 25.1 Å². The summed E-state index contributed by atoms with van der Waals surface area (Å²) in [5.41, 5.74) is 1.50. The van der Waals surface area contributed by atoms with Gasteiger partial charge in [0.2, 0.25) is 6.41 Å². The molecule has 9 heteroatoms. The number of carbonyl (C=O) groups excluding carboxylic acids is 1. The highest BCUT2D eigenvalue weighted by molar-refractivity contribution is 8.00. The third-order valence-electron chi connectivity index (χ3n) is 4.06. The highest BCUT2D eigenvalue weighted by atomic mass is 32.2. The van der Waals surface area contributed by atoms with Gasteiger partial charge < -0.3 is 19.7 Å². The van der Waals surface area contributed by atoms with Crippen molar-refractivity contribution in [2.45, 2.75) is 17.2 Å². The van der Waals surface area contributed by atoms with Gasteiger partial charge in [-0.3, -0.25) is 14.9 Å². The maximum absolute atomic E-state index is 11.3. The summed E-state index contributed by atoms with van der Waals surface area (Å²) in [5.74, 6) is 6.75. The Morgan fingerprint density at radius 2 is 2.17 bits per heavy atom. The number of amides is 1. The van der Waals surface area contributed by atoms with Crippen molar-refractivity contribution in [3.63, 3.8) is 0 Å². The molecule has 0 fully saturated rings. The van der Waals surface area contributed by atoms with Crippen LogP contribution in [0.2, 0.25) is 0 Å². The number of hydrogen-bond acceptors (Lipinski definition) is 7. The van der Waals surface area contributed by atoms with Crippen molar-refractivity contribution < 1.29 is 19.2 Å². The maximum Gasteiger partial charge on any atom is 0.294 e. The minimum absolute atomic E-state index is 0.169. The smallest absolute Gasteiger partial charge is 0.294 e. The fourth-order valence-corrected chi connectivity index (χ4v) is 3.61. The minimum atomic E-state index is -0.525. The molecule has 1 aliphatic heterocycles. The first-order chi connectivity index (χ1) is 14.0. The third-order valence-corrected chi connectivity index (χ3v) is 5.12. The molecule has 1 atom stereocenters. The summed E-state index contributed by atoms with van der Waals surface area (Å²) in [6, 6.07) is 10.2. The van der Waals surface area contributed by atoms with Gasteiger partial charge in [-0.2, -0.15) is 0 Å². The molecule has 8 nitrogen and oxygen atoms in total. The molecule has 29 heavy (non-hydrogen) atoms. The topological polar surface area (TPSA) is 93.9 Å². The van der Waals surface area contributed by atoms with Crippen LogP contribution in [0.4, 0.5) is 17.1 Å². The van der Waals surface area contributed by atoms with Gasteiger partial charge in [0.1, 0.15) is 16.8 Å². The quantitative estimate of drug-likeness (QED) is 0.186. The van der Waals surface area contributed by atoms with Crippen molar-refractivity contribution in [1.29, 1.82) is 0 Å². The van der Waals surface area contributed by atoms with Crippen molar-refractivity contribution in [1.82, 2.24) is 0 Å². The summed E-state index contributed by atoms with van der Waals surface area (Å²) < 4.78 is 10.7. The molecule has 1 amide bonds. The molecule has 150 valence electrons. The molecule has 1 N–H and O–H groups in total. The molecule has 0 aromatic heterocycles. The molecule has 0 aliphatic carbocycles. The summed E-state index contributed by atoms with van der Waals surface area (Å²) in [6.07, 6.45) is 0.524. The Morgan fingerprint density at radius 1 is 1.34 bits per heavy atom. The minimum Gasteiger partial charge on any atom is -0.468 e. The van der Waals surface area contributed by atoms with E-state index in [-0.39, 0.29) is 23.5 Å². The van der Waals surface area contributed by atoms with Crippen LogP contribution in [-0.4, -0.2) is 37.2 Å². The summed E-state index contributed by atoms with van der Waals surface area (Å²) in [6.45, 7) is 2.69. The number of fused-ring (bicyclic) bond motifs is 1. The Hall–Kier alpha value is -3.22. The highest BCUT2D eigenvalue weighted by Crippen LogP contribution is 2.40. The number of rotatable bonds is 7. The fourth-order valence-electron chi connectivity index (χ4n) is 2.62. The summed E-state index contributed by atoms with van der Waals surface area (Å²) >= 11 is 1.54. The SMILES string of the molecule is CCOCOc1ccc2c(c1)SC(C#Cc1ccc(N(C)C=O)c([N+](=O)[O-])c1)N2. The van der Waals surface area contributed by atoms with Gasteiger partial charge in [-0.05, 0) is 37.3 Å². The van der Waals surface area contributed by atoms with Crippen LogP contribution in [0.15, 0.2) is 41.3 Å². The van der Waals surface area contributed by atoms with Crippen molar-refractivity contribution in [2.75, 3.05) is 30.7 Å². The molecule has 0 radical (unpaired) electrons. The number of thioether (sulfide) groups is 1. The van der Waals surface area contributed by atoms with E-state index in [9.17, 15) is 14.9 Å². The maximum atomic E-state index is 11.3. The summed E-state index contributed by atoms with van der Waals surface area (Å²) in [4.78, 5) is 23.9. The van der Waals surface area contributed by atoms with E-state index in [1.54, 1.807) is 6.07 Å². The number of nitro groups is 1. The van der Waals surface area contributed by atoms with Gasteiger partial charge in [0.25, 0.3) is 5.69 Å². The first-order valence-corrected chi connectivity index (χ1v) is 9.65. The van der Waals surface area contributed by atoms with Crippen molar-refractivity contribution in [3.8, 4) is 17.6 Å². The Bertz CT molecular complexity index is 986. The predicted molar refractivity (Wildman–Crippen MR) is 111 cm³/mol. The Kier molecular flexibility index (Phi) is 6.59. The molecule has 1 aliphatic rings. The second-order valence-electron chi connectivity index (χ2n) is 6.00. The standard InChI is InChI=1S/C20H19N3O5S/c1-3-27-13-28-15-6-7-16-19(11-15)29-20(21-16)9-5-14-4-8-17(22(2)12-24)18(10-14)23(25)26/h4,6-8,10-12,20-21H,3,13H2,1-2H3. The molecule has 0 saturated carbocycles. The van der Waals surface area contributed by atoms with E-state index in [2.05, 4.69) is 17.2 Å².